The first-order chi connectivity index (χ1) is 7.97. The van der Waals surface area contributed by atoms with Crippen molar-refractivity contribution in [3.05, 3.63) is 20.8 Å². The van der Waals surface area contributed by atoms with Gasteiger partial charge in [0.05, 0.1) is 13.0 Å². The summed E-state index contributed by atoms with van der Waals surface area (Å²) in [6.07, 6.45) is -0.0244. The molecule has 0 aliphatic rings. The first-order valence-corrected chi connectivity index (χ1v) is 5.01. The van der Waals surface area contributed by atoms with Crippen LogP contribution in [0.5, 0.6) is 0 Å². The lowest BCUT2D eigenvalue weighted by molar-refractivity contribution is -0.143. The second-order valence-corrected chi connectivity index (χ2v) is 3.26. The molecule has 0 aromatic carbocycles. The van der Waals surface area contributed by atoms with Gasteiger partial charge in [-0.25, -0.2) is 4.79 Å². The third-order valence-electron chi connectivity index (χ3n) is 2.12. The summed E-state index contributed by atoms with van der Waals surface area (Å²) in [6, 6.07) is 0. The van der Waals surface area contributed by atoms with Gasteiger partial charge >= 0.3 is 11.7 Å². The maximum atomic E-state index is 11.4. The van der Waals surface area contributed by atoms with Gasteiger partial charge in [-0.05, 0) is 6.92 Å². The lowest BCUT2D eigenvalue weighted by Crippen LogP contribution is -2.34. The number of aromatic nitrogens is 2. The number of nitrogens with two attached hydrogens (primary N) is 2. The summed E-state index contributed by atoms with van der Waals surface area (Å²) < 4.78 is 5.72. The number of carbonyl (C=O) groups excluding carboxylic acids is 1. The molecule has 0 unspecified atom stereocenters. The van der Waals surface area contributed by atoms with Crippen LogP contribution in [0.25, 0.3) is 0 Å². The van der Waals surface area contributed by atoms with Crippen LogP contribution in [-0.4, -0.2) is 22.1 Å². The largest absolute Gasteiger partial charge is 0.466 e. The van der Waals surface area contributed by atoms with Crippen molar-refractivity contribution in [2.24, 2.45) is 0 Å². The van der Waals surface area contributed by atoms with Crippen molar-refractivity contribution in [1.29, 1.82) is 0 Å². The quantitative estimate of drug-likeness (QED) is 0.559. The Bertz CT molecular complexity index is 531. The van der Waals surface area contributed by atoms with Crippen molar-refractivity contribution in [2.75, 3.05) is 18.1 Å². The zero-order chi connectivity index (χ0) is 13.0. The highest BCUT2D eigenvalue weighted by molar-refractivity contribution is 5.69. The molecular formula is C9H14N4O4. The van der Waals surface area contributed by atoms with E-state index in [0.717, 1.165) is 4.57 Å². The Morgan fingerprint density at radius 2 is 2.06 bits per heavy atom. The topological polar surface area (TPSA) is 133 Å². The number of nitrogen functional groups attached to an aromatic ring is 2. The third kappa shape index (κ3) is 2.86. The Balaban J connectivity index is 2.93. The molecule has 0 spiro atoms. The van der Waals surface area contributed by atoms with E-state index < -0.39 is 17.2 Å². The number of aromatic amines is 1. The smallest absolute Gasteiger partial charge is 0.330 e. The molecule has 0 aliphatic carbocycles. The molecule has 8 nitrogen and oxygen atoms in total. The van der Waals surface area contributed by atoms with Gasteiger partial charge in [0, 0.05) is 6.54 Å². The zero-order valence-electron chi connectivity index (χ0n) is 9.36. The second-order valence-electron chi connectivity index (χ2n) is 3.26. The lowest BCUT2D eigenvalue weighted by atomic mass is 10.4. The van der Waals surface area contributed by atoms with E-state index in [-0.39, 0.29) is 31.1 Å². The fraction of sp³-hybridized carbons (Fsp3) is 0.444. The van der Waals surface area contributed by atoms with Crippen LogP contribution < -0.4 is 22.7 Å². The molecule has 0 atom stereocenters. The van der Waals surface area contributed by atoms with Crippen molar-refractivity contribution in [1.82, 2.24) is 9.55 Å². The van der Waals surface area contributed by atoms with Crippen molar-refractivity contribution >= 4 is 17.5 Å². The van der Waals surface area contributed by atoms with E-state index in [1.54, 1.807) is 6.92 Å². The maximum Gasteiger partial charge on any atom is 0.330 e. The molecule has 1 aromatic rings. The van der Waals surface area contributed by atoms with E-state index in [0.29, 0.717) is 0 Å². The third-order valence-corrected chi connectivity index (χ3v) is 2.12. The van der Waals surface area contributed by atoms with Gasteiger partial charge in [-0.15, -0.1) is 0 Å². The van der Waals surface area contributed by atoms with Crippen LogP contribution >= 0.6 is 0 Å². The Labute approximate surface area is 96.2 Å². The van der Waals surface area contributed by atoms with Crippen LogP contribution in [0.4, 0.5) is 11.5 Å². The van der Waals surface area contributed by atoms with Crippen molar-refractivity contribution in [3.8, 4) is 0 Å². The predicted molar refractivity (Wildman–Crippen MR) is 61.4 cm³/mol. The molecule has 0 radical (unpaired) electrons. The summed E-state index contributed by atoms with van der Waals surface area (Å²) in [5.74, 6) is -0.605. The fourth-order valence-corrected chi connectivity index (χ4v) is 1.26. The van der Waals surface area contributed by atoms with E-state index in [2.05, 4.69) is 0 Å². The number of carbonyl (C=O) groups is 1. The van der Waals surface area contributed by atoms with Gasteiger partial charge in [0.1, 0.15) is 11.5 Å². The minimum absolute atomic E-state index is 0.00444. The zero-order valence-corrected chi connectivity index (χ0v) is 9.36. The van der Waals surface area contributed by atoms with Crippen LogP contribution in [0, 0.1) is 0 Å². The molecule has 17 heavy (non-hydrogen) atoms. The summed E-state index contributed by atoms with van der Waals surface area (Å²) >= 11 is 0. The van der Waals surface area contributed by atoms with Crippen LogP contribution in [0.2, 0.25) is 0 Å². The Kier molecular flexibility index (Phi) is 3.91. The summed E-state index contributed by atoms with van der Waals surface area (Å²) in [5, 5.41) is 0. The predicted octanol–water partition coefficient (Wildman–Crippen LogP) is -1.35. The number of H-pyrrole nitrogens is 1. The average molecular weight is 242 g/mol. The Morgan fingerprint density at radius 1 is 1.41 bits per heavy atom. The average Bonchev–Trinajstić information content (AvgIpc) is 2.26. The molecule has 1 aromatic heterocycles. The minimum Gasteiger partial charge on any atom is -0.466 e. The van der Waals surface area contributed by atoms with Crippen molar-refractivity contribution in [2.45, 2.75) is 19.9 Å². The number of nitrogens with zero attached hydrogens (tertiary/aromatic N) is 1. The van der Waals surface area contributed by atoms with Gasteiger partial charge in [0.25, 0.3) is 5.56 Å². The van der Waals surface area contributed by atoms with Crippen LogP contribution in [-0.2, 0) is 16.1 Å². The number of nitrogens with one attached hydrogen (secondary N) is 1. The van der Waals surface area contributed by atoms with Crippen LogP contribution in [0.15, 0.2) is 9.59 Å². The SMILES string of the molecule is CCOC(=O)CCn1c(N)c(N)c(=O)[nH]c1=O. The molecule has 0 saturated heterocycles. The second kappa shape index (κ2) is 5.19. The first kappa shape index (κ1) is 12.8. The highest BCUT2D eigenvalue weighted by Crippen LogP contribution is 2.05. The number of esters is 1. The van der Waals surface area contributed by atoms with Crippen LogP contribution in [0.1, 0.15) is 13.3 Å². The fourth-order valence-electron chi connectivity index (χ4n) is 1.26. The van der Waals surface area contributed by atoms with Gasteiger partial charge in [-0.2, -0.15) is 0 Å². The van der Waals surface area contributed by atoms with Gasteiger partial charge in [0.2, 0.25) is 0 Å². The molecule has 0 aliphatic heterocycles. The van der Waals surface area contributed by atoms with Crippen molar-refractivity contribution < 1.29 is 9.53 Å². The number of hydrogen-bond donors (Lipinski definition) is 3. The van der Waals surface area contributed by atoms with E-state index in [9.17, 15) is 14.4 Å². The van der Waals surface area contributed by atoms with E-state index in [4.69, 9.17) is 16.2 Å². The molecule has 0 fully saturated rings. The Morgan fingerprint density at radius 3 is 2.65 bits per heavy atom. The number of rotatable bonds is 4. The summed E-state index contributed by atoms with van der Waals surface area (Å²) in [5.41, 5.74) is 9.20. The Hall–Kier alpha value is -2.25. The molecule has 94 valence electrons. The van der Waals surface area contributed by atoms with E-state index >= 15 is 0 Å². The highest BCUT2D eigenvalue weighted by atomic mass is 16.5. The molecule has 8 heteroatoms. The molecule has 0 amide bonds. The van der Waals surface area contributed by atoms with Crippen LogP contribution in [0.3, 0.4) is 0 Å². The van der Waals surface area contributed by atoms with Gasteiger partial charge in [-0.3, -0.25) is 19.1 Å². The van der Waals surface area contributed by atoms with Gasteiger partial charge in [0.15, 0.2) is 0 Å². The van der Waals surface area contributed by atoms with Crippen molar-refractivity contribution in [3.63, 3.8) is 0 Å². The normalized spacial score (nSPS) is 10.2. The monoisotopic (exact) mass is 242 g/mol. The molecule has 0 saturated carbocycles. The summed E-state index contributed by atoms with van der Waals surface area (Å²) in [6.45, 7) is 1.94. The summed E-state index contributed by atoms with van der Waals surface area (Å²) in [7, 11) is 0. The molecule has 5 N–H and O–H groups in total. The summed E-state index contributed by atoms with van der Waals surface area (Å²) in [4.78, 5) is 35.6. The lowest BCUT2D eigenvalue weighted by Gasteiger charge is -2.09. The molecular weight excluding hydrogens is 228 g/mol. The molecule has 0 bridgehead atoms. The molecule has 1 rings (SSSR count). The number of ether oxygens (including phenoxy) is 1. The minimum atomic E-state index is -0.736. The number of hydrogen-bond acceptors (Lipinski definition) is 6. The maximum absolute atomic E-state index is 11.4. The molecule has 1 heterocycles. The van der Waals surface area contributed by atoms with E-state index in [1.807, 2.05) is 4.98 Å². The first-order valence-electron chi connectivity index (χ1n) is 5.01. The number of anilines is 2. The highest BCUT2D eigenvalue weighted by Gasteiger charge is 2.10. The van der Waals surface area contributed by atoms with Gasteiger partial charge < -0.3 is 16.2 Å². The van der Waals surface area contributed by atoms with Gasteiger partial charge in [-0.1, -0.05) is 0 Å². The van der Waals surface area contributed by atoms with E-state index in [1.165, 1.54) is 0 Å². The standard InChI is InChI=1S/C9H14N4O4/c1-2-17-5(14)3-4-13-7(11)6(10)8(15)12-9(13)16/h2-4,10-11H2,1H3,(H,12,15,16).